The first kappa shape index (κ1) is 16.2. The first-order chi connectivity index (χ1) is 9.00. The van der Waals surface area contributed by atoms with Gasteiger partial charge in [0.1, 0.15) is 0 Å². The molecule has 1 saturated carbocycles. The third-order valence-corrected chi connectivity index (χ3v) is 4.17. The number of nitrogens with two attached hydrogens (primary N) is 1. The molecule has 0 aromatic carbocycles. The van der Waals surface area contributed by atoms with Gasteiger partial charge in [0.15, 0.2) is 5.96 Å². The molecule has 0 heterocycles. The minimum absolute atomic E-state index is 0.172. The normalized spacial score (nSPS) is 28.7. The number of hydrogen-bond donors (Lipinski definition) is 2. The van der Waals surface area contributed by atoms with Gasteiger partial charge in [-0.2, -0.15) is 0 Å². The van der Waals surface area contributed by atoms with E-state index in [9.17, 15) is 0 Å². The van der Waals surface area contributed by atoms with Crippen molar-refractivity contribution in [1.29, 1.82) is 0 Å². The topological polar surface area (TPSA) is 62.9 Å². The Morgan fingerprint density at radius 2 is 2.26 bits per heavy atom. The number of nitrogens with zero attached hydrogens (tertiary/aromatic N) is 2. The molecule has 0 aromatic heterocycles. The Labute approximate surface area is 117 Å². The summed E-state index contributed by atoms with van der Waals surface area (Å²) in [5.41, 5.74) is 6.06. The Hall–Kier alpha value is -0.810. The molecule has 112 valence electrons. The summed E-state index contributed by atoms with van der Waals surface area (Å²) in [6, 6.07) is 0. The van der Waals surface area contributed by atoms with Crippen LogP contribution in [-0.2, 0) is 4.74 Å². The van der Waals surface area contributed by atoms with Crippen LogP contribution >= 0.6 is 0 Å². The molecule has 0 aliphatic heterocycles. The Kier molecular flexibility index (Phi) is 6.58. The maximum atomic E-state index is 5.89. The molecule has 19 heavy (non-hydrogen) atoms. The van der Waals surface area contributed by atoms with Crippen molar-refractivity contribution in [1.82, 2.24) is 10.2 Å². The van der Waals surface area contributed by atoms with Gasteiger partial charge in [-0.15, -0.1) is 0 Å². The average molecular weight is 270 g/mol. The van der Waals surface area contributed by atoms with Crippen molar-refractivity contribution in [3.05, 3.63) is 0 Å². The Balaban J connectivity index is 2.56. The molecule has 0 bridgehead atoms. The van der Waals surface area contributed by atoms with Gasteiger partial charge in [0.2, 0.25) is 0 Å². The van der Waals surface area contributed by atoms with Crippen molar-refractivity contribution in [3.63, 3.8) is 0 Å². The molecule has 2 unspecified atom stereocenters. The lowest BCUT2D eigenvalue weighted by molar-refractivity contribution is 0.0845. The lowest BCUT2D eigenvalue weighted by Crippen LogP contribution is -2.50. The molecule has 0 amide bonds. The van der Waals surface area contributed by atoms with E-state index in [0.29, 0.717) is 19.1 Å². The number of hydrogen-bond acceptors (Lipinski definition) is 3. The minimum atomic E-state index is 0.172. The quantitative estimate of drug-likeness (QED) is 0.430. The lowest BCUT2D eigenvalue weighted by atomic mass is 9.75. The molecule has 1 fully saturated rings. The predicted molar refractivity (Wildman–Crippen MR) is 80.4 cm³/mol. The Morgan fingerprint density at radius 3 is 2.84 bits per heavy atom. The van der Waals surface area contributed by atoms with Gasteiger partial charge in [0.25, 0.3) is 0 Å². The van der Waals surface area contributed by atoms with Gasteiger partial charge in [0, 0.05) is 19.2 Å². The summed E-state index contributed by atoms with van der Waals surface area (Å²) >= 11 is 0. The van der Waals surface area contributed by atoms with Crippen LogP contribution in [0.2, 0.25) is 0 Å². The van der Waals surface area contributed by atoms with E-state index < -0.39 is 0 Å². The van der Waals surface area contributed by atoms with Crippen molar-refractivity contribution in [2.45, 2.75) is 38.1 Å². The zero-order valence-corrected chi connectivity index (χ0v) is 12.9. The molecular weight excluding hydrogens is 240 g/mol. The third-order valence-electron chi connectivity index (χ3n) is 4.17. The number of nitrogens with one attached hydrogen (secondary N) is 1. The van der Waals surface area contributed by atoms with E-state index in [1.54, 1.807) is 7.11 Å². The van der Waals surface area contributed by atoms with E-state index >= 15 is 0 Å². The highest BCUT2D eigenvalue weighted by Gasteiger charge is 2.36. The van der Waals surface area contributed by atoms with Crippen LogP contribution in [0.15, 0.2) is 4.99 Å². The summed E-state index contributed by atoms with van der Waals surface area (Å²) in [4.78, 5) is 6.86. The molecule has 5 heteroatoms. The summed E-state index contributed by atoms with van der Waals surface area (Å²) in [5.74, 6) is 1.30. The van der Waals surface area contributed by atoms with E-state index in [1.807, 2.05) is 0 Å². The third kappa shape index (κ3) is 4.99. The predicted octanol–water partition coefficient (Wildman–Crippen LogP) is 1.05. The van der Waals surface area contributed by atoms with E-state index in [-0.39, 0.29) is 5.54 Å². The second kappa shape index (κ2) is 7.70. The number of ether oxygens (including phenoxy) is 1. The Bertz CT molecular complexity index is 293. The smallest absolute Gasteiger partial charge is 0.188 e. The molecular formula is C14H30N4O. The van der Waals surface area contributed by atoms with Gasteiger partial charge in [0.05, 0.1) is 13.2 Å². The van der Waals surface area contributed by atoms with E-state index in [4.69, 9.17) is 10.5 Å². The number of likely N-dealkylation sites (N-methyl/N-ethyl adjacent to an activating group) is 1. The highest BCUT2D eigenvalue weighted by Crippen LogP contribution is 2.35. The summed E-state index contributed by atoms with van der Waals surface area (Å²) in [6.07, 6.45) is 5.03. The molecule has 0 saturated heterocycles. The van der Waals surface area contributed by atoms with Gasteiger partial charge in [-0.05, 0) is 32.9 Å². The molecule has 5 nitrogen and oxygen atoms in total. The average Bonchev–Trinajstić information content (AvgIpc) is 2.36. The second-order valence-corrected chi connectivity index (χ2v) is 5.94. The minimum Gasteiger partial charge on any atom is -0.383 e. The van der Waals surface area contributed by atoms with Crippen LogP contribution in [0, 0.1) is 5.92 Å². The van der Waals surface area contributed by atoms with Crippen molar-refractivity contribution in [3.8, 4) is 0 Å². The van der Waals surface area contributed by atoms with Gasteiger partial charge in [-0.1, -0.05) is 19.8 Å². The molecule has 0 aromatic rings. The molecule has 1 aliphatic carbocycles. The number of aliphatic imine (C=N–C) groups is 1. The highest BCUT2D eigenvalue weighted by atomic mass is 16.5. The molecule has 0 spiro atoms. The van der Waals surface area contributed by atoms with Gasteiger partial charge < -0.3 is 20.7 Å². The number of rotatable bonds is 6. The summed E-state index contributed by atoms with van der Waals surface area (Å²) in [6.45, 7) is 4.46. The van der Waals surface area contributed by atoms with Crippen LogP contribution in [0.3, 0.4) is 0 Å². The van der Waals surface area contributed by atoms with Gasteiger partial charge >= 0.3 is 0 Å². The first-order valence-electron chi connectivity index (χ1n) is 7.20. The maximum Gasteiger partial charge on any atom is 0.188 e. The van der Waals surface area contributed by atoms with E-state index in [1.165, 1.54) is 25.7 Å². The van der Waals surface area contributed by atoms with Crippen molar-refractivity contribution in [2.75, 3.05) is 40.9 Å². The van der Waals surface area contributed by atoms with Crippen LogP contribution < -0.4 is 11.1 Å². The fraction of sp³-hybridized carbons (Fsp3) is 0.929. The first-order valence-corrected chi connectivity index (χ1v) is 7.20. The fourth-order valence-electron chi connectivity index (χ4n) is 2.89. The summed E-state index contributed by atoms with van der Waals surface area (Å²) in [7, 11) is 5.99. The fourth-order valence-corrected chi connectivity index (χ4v) is 2.89. The highest BCUT2D eigenvalue weighted by molar-refractivity contribution is 5.77. The van der Waals surface area contributed by atoms with Crippen LogP contribution in [0.1, 0.15) is 32.6 Å². The summed E-state index contributed by atoms with van der Waals surface area (Å²) in [5, 5.41) is 3.07. The largest absolute Gasteiger partial charge is 0.383 e. The Morgan fingerprint density at radius 1 is 1.53 bits per heavy atom. The lowest BCUT2D eigenvalue weighted by Gasteiger charge is -2.44. The van der Waals surface area contributed by atoms with Crippen LogP contribution in [0.4, 0.5) is 0 Å². The zero-order valence-electron chi connectivity index (χ0n) is 12.9. The van der Waals surface area contributed by atoms with Gasteiger partial charge in [-0.25, -0.2) is 0 Å². The summed E-state index contributed by atoms with van der Waals surface area (Å²) < 4.78 is 4.98. The molecule has 0 radical (unpaired) electrons. The van der Waals surface area contributed by atoms with Crippen molar-refractivity contribution < 1.29 is 4.74 Å². The van der Waals surface area contributed by atoms with Crippen LogP contribution in [-0.4, -0.2) is 57.3 Å². The van der Waals surface area contributed by atoms with E-state index in [0.717, 1.165) is 12.5 Å². The van der Waals surface area contributed by atoms with Crippen LogP contribution in [0.5, 0.6) is 0 Å². The van der Waals surface area contributed by atoms with Crippen LogP contribution in [0.25, 0.3) is 0 Å². The van der Waals surface area contributed by atoms with Gasteiger partial charge in [-0.3, -0.25) is 4.99 Å². The molecule has 2 atom stereocenters. The molecule has 3 N–H and O–H groups in total. The monoisotopic (exact) mass is 270 g/mol. The SMILES string of the molecule is COCCNC(N)=NCC1(N(C)C)CCCC(C)C1. The second-order valence-electron chi connectivity index (χ2n) is 5.94. The standard InChI is InChI=1S/C14H30N4O/c1-12-6-5-7-14(10-12,18(2)3)11-17-13(15)16-8-9-19-4/h12H,5-11H2,1-4H3,(H3,15,16,17). The van der Waals surface area contributed by atoms with Crippen molar-refractivity contribution >= 4 is 5.96 Å². The van der Waals surface area contributed by atoms with Crippen molar-refractivity contribution in [2.24, 2.45) is 16.6 Å². The number of methoxy groups -OCH3 is 1. The number of guanidine groups is 1. The van der Waals surface area contributed by atoms with E-state index in [2.05, 4.69) is 36.2 Å². The maximum absolute atomic E-state index is 5.89. The zero-order chi connectivity index (χ0) is 14.3. The molecule has 1 aliphatic rings. The molecule has 1 rings (SSSR count).